The van der Waals surface area contributed by atoms with E-state index in [2.05, 4.69) is 5.32 Å². The van der Waals surface area contributed by atoms with Crippen LogP contribution in [0.5, 0.6) is 5.75 Å². The molecule has 2 fully saturated rings. The van der Waals surface area contributed by atoms with E-state index in [0.717, 1.165) is 0 Å². The first kappa shape index (κ1) is 16.3. The molecule has 1 N–H and O–H groups in total. The predicted octanol–water partition coefficient (Wildman–Crippen LogP) is 0.687. The Bertz CT molecular complexity index is 639. The Morgan fingerprint density at radius 1 is 1.42 bits per heavy atom. The first-order valence-corrected chi connectivity index (χ1v) is 7.76. The Morgan fingerprint density at radius 2 is 2.25 bits per heavy atom. The molecule has 1 aromatic rings. The third kappa shape index (κ3) is 3.33. The number of carbonyl (C=O) groups is 3. The number of amides is 4. The molecule has 2 aliphatic rings. The monoisotopic (exact) mass is 333 g/mol. The number of rotatable bonds is 5. The number of benzene rings is 1. The average molecular weight is 333 g/mol. The second-order valence-corrected chi connectivity index (χ2v) is 5.61. The van der Waals surface area contributed by atoms with Gasteiger partial charge >= 0.3 is 6.03 Å². The largest absolute Gasteiger partial charge is 0.492 e. The van der Waals surface area contributed by atoms with Crippen molar-refractivity contribution >= 4 is 23.5 Å². The van der Waals surface area contributed by atoms with Gasteiger partial charge in [0.25, 0.3) is 5.91 Å². The van der Waals surface area contributed by atoms with Gasteiger partial charge in [0.15, 0.2) is 0 Å². The molecule has 8 nitrogen and oxygen atoms in total. The minimum atomic E-state index is -0.505. The highest BCUT2D eigenvalue weighted by molar-refractivity contribution is 6.04. The lowest BCUT2D eigenvalue weighted by Gasteiger charge is -2.26. The molecule has 1 aromatic carbocycles. The molecule has 3 rings (SSSR count). The topological polar surface area (TPSA) is 88.2 Å². The van der Waals surface area contributed by atoms with Crippen molar-refractivity contribution in [1.29, 1.82) is 0 Å². The summed E-state index contributed by atoms with van der Waals surface area (Å²) in [7, 11) is 0. The fourth-order valence-corrected chi connectivity index (χ4v) is 2.79. The summed E-state index contributed by atoms with van der Waals surface area (Å²) in [5, 5.41) is 2.67. The molecule has 128 valence electrons. The van der Waals surface area contributed by atoms with Crippen molar-refractivity contribution in [3.8, 4) is 5.75 Å². The van der Waals surface area contributed by atoms with Crippen LogP contribution in [0, 0.1) is 0 Å². The lowest BCUT2D eigenvalue weighted by Crippen LogP contribution is -2.45. The fourth-order valence-electron chi connectivity index (χ4n) is 2.79. The number of anilines is 1. The zero-order chi connectivity index (χ0) is 17.1. The molecule has 8 heteroatoms. The zero-order valence-electron chi connectivity index (χ0n) is 13.4. The van der Waals surface area contributed by atoms with Crippen molar-refractivity contribution < 1.29 is 23.9 Å². The Balaban J connectivity index is 1.55. The number of imide groups is 1. The standard InChI is InChI=1S/C16H19N3O5/c1-11(20)17-12-3-2-4-13(9-12)24-8-6-19-15(21)14-10-23-7-5-18(14)16(19)22/h2-4,9,14H,5-8,10H2,1H3,(H,17,20). The van der Waals surface area contributed by atoms with Crippen LogP contribution in [0.2, 0.25) is 0 Å². The van der Waals surface area contributed by atoms with Gasteiger partial charge in [-0.25, -0.2) is 4.79 Å². The van der Waals surface area contributed by atoms with E-state index in [1.165, 1.54) is 11.8 Å². The van der Waals surface area contributed by atoms with E-state index in [9.17, 15) is 14.4 Å². The van der Waals surface area contributed by atoms with E-state index in [0.29, 0.717) is 24.6 Å². The average Bonchev–Trinajstić information content (AvgIpc) is 2.80. The molecule has 24 heavy (non-hydrogen) atoms. The first-order chi connectivity index (χ1) is 11.6. The fraction of sp³-hybridized carbons (Fsp3) is 0.438. The maximum absolute atomic E-state index is 12.2. The first-order valence-electron chi connectivity index (χ1n) is 7.76. The highest BCUT2D eigenvalue weighted by Crippen LogP contribution is 2.21. The lowest BCUT2D eigenvalue weighted by atomic mass is 10.2. The molecule has 1 atom stereocenters. The van der Waals surface area contributed by atoms with Crippen LogP contribution < -0.4 is 10.1 Å². The van der Waals surface area contributed by atoms with Crippen LogP contribution in [0.4, 0.5) is 10.5 Å². The van der Waals surface area contributed by atoms with Gasteiger partial charge in [0.2, 0.25) is 5.91 Å². The highest BCUT2D eigenvalue weighted by atomic mass is 16.5. The van der Waals surface area contributed by atoms with Crippen LogP contribution in [0.3, 0.4) is 0 Å². The second kappa shape index (κ2) is 6.88. The van der Waals surface area contributed by atoms with Crippen molar-refractivity contribution in [1.82, 2.24) is 9.80 Å². The van der Waals surface area contributed by atoms with Crippen LogP contribution in [-0.2, 0) is 14.3 Å². The predicted molar refractivity (Wildman–Crippen MR) is 84.7 cm³/mol. The summed E-state index contributed by atoms with van der Waals surface area (Å²) in [4.78, 5) is 38.3. The summed E-state index contributed by atoms with van der Waals surface area (Å²) in [6, 6.07) is 6.14. The number of carbonyl (C=O) groups excluding carboxylic acids is 3. The number of hydrogen-bond acceptors (Lipinski definition) is 5. The number of morpholine rings is 1. The van der Waals surface area contributed by atoms with Gasteiger partial charge in [-0.3, -0.25) is 14.5 Å². The molecule has 0 aromatic heterocycles. The van der Waals surface area contributed by atoms with Gasteiger partial charge in [-0.2, -0.15) is 0 Å². The molecule has 0 bridgehead atoms. The van der Waals surface area contributed by atoms with E-state index < -0.39 is 6.04 Å². The molecule has 4 amide bonds. The smallest absolute Gasteiger partial charge is 0.327 e. The Labute approximate surface area is 139 Å². The van der Waals surface area contributed by atoms with Crippen LogP contribution in [-0.4, -0.2) is 66.6 Å². The van der Waals surface area contributed by atoms with Gasteiger partial charge in [0, 0.05) is 25.2 Å². The van der Waals surface area contributed by atoms with E-state index in [1.54, 1.807) is 29.2 Å². The van der Waals surface area contributed by atoms with E-state index >= 15 is 0 Å². The van der Waals surface area contributed by atoms with Crippen molar-refractivity contribution in [2.75, 3.05) is 38.2 Å². The van der Waals surface area contributed by atoms with Gasteiger partial charge in [-0.05, 0) is 12.1 Å². The number of ether oxygens (including phenoxy) is 2. The third-order valence-electron chi connectivity index (χ3n) is 3.89. The Kier molecular flexibility index (Phi) is 4.66. The van der Waals surface area contributed by atoms with Crippen molar-refractivity contribution in [3.05, 3.63) is 24.3 Å². The minimum Gasteiger partial charge on any atom is -0.492 e. The highest BCUT2D eigenvalue weighted by Gasteiger charge is 2.46. The molecule has 0 radical (unpaired) electrons. The summed E-state index contributed by atoms with van der Waals surface area (Å²) < 4.78 is 10.9. The molecular formula is C16H19N3O5. The minimum absolute atomic E-state index is 0.167. The Hall–Kier alpha value is -2.61. The second-order valence-electron chi connectivity index (χ2n) is 5.61. The molecular weight excluding hydrogens is 314 g/mol. The van der Waals surface area contributed by atoms with Crippen molar-refractivity contribution in [3.63, 3.8) is 0 Å². The molecule has 2 heterocycles. The van der Waals surface area contributed by atoms with Gasteiger partial charge in [-0.1, -0.05) is 6.07 Å². The Morgan fingerprint density at radius 3 is 3.00 bits per heavy atom. The van der Waals surface area contributed by atoms with Gasteiger partial charge in [0.05, 0.1) is 19.8 Å². The van der Waals surface area contributed by atoms with Crippen LogP contribution in [0.1, 0.15) is 6.92 Å². The zero-order valence-corrected chi connectivity index (χ0v) is 13.4. The maximum atomic E-state index is 12.2. The number of fused-ring (bicyclic) bond motifs is 1. The van der Waals surface area contributed by atoms with Crippen molar-refractivity contribution in [2.45, 2.75) is 13.0 Å². The summed E-state index contributed by atoms with van der Waals surface area (Å²) in [6.07, 6.45) is 0. The summed E-state index contributed by atoms with van der Waals surface area (Å²) in [5.41, 5.74) is 0.627. The number of urea groups is 1. The van der Waals surface area contributed by atoms with Gasteiger partial charge in [0.1, 0.15) is 18.4 Å². The molecule has 0 saturated carbocycles. The molecule has 2 aliphatic heterocycles. The quantitative estimate of drug-likeness (QED) is 0.801. The van der Waals surface area contributed by atoms with Gasteiger partial charge < -0.3 is 19.7 Å². The molecule has 0 spiro atoms. The SMILES string of the molecule is CC(=O)Nc1cccc(OCCN2C(=O)C3COCCN3C2=O)c1. The van der Waals surface area contributed by atoms with E-state index in [-0.39, 0.29) is 37.6 Å². The molecule has 0 aliphatic carbocycles. The van der Waals surface area contributed by atoms with Crippen LogP contribution in [0.25, 0.3) is 0 Å². The van der Waals surface area contributed by atoms with Crippen LogP contribution >= 0.6 is 0 Å². The summed E-state index contributed by atoms with van der Waals surface area (Å²) >= 11 is 0. The van der Waals surface area contributed by atoms with E-state index in [4.69, 9.17) is 9.47 Å². The molecule has 2 saturated heterocycles. The third-order valence-corrected chi connectivity index (χ3v) is 3.89. The number of nitrogens with one attached hydrogen (secondary N) is 1. The number of hydrogen-bond donors (Lipinski definition) is 1. The van der Waals surface area contributed by atoms with E-state index in [1.807, 2.05) is 0 Å². The summed E-state index contributed by atoms with van der Waals surface area (Å²) in [5.74, 6) is 0.149. The summed E-state index contributed by atoms with van der Waals surface area (Å²) in [6.45, 7) is 2.93. The maximum Gasteiger partial charge on any atom is 0.327 e. The lowest BCUT2D eigenvalue weighted by molar-refractivity contribution is -0.131. The van der Waals surface area contributed by atoms with Crippen molar-refractivity contribution in [2.24, 2.45) is 0 Å². The normalized spacial score (nSPS) is 20.1. The number of nitrogens with zero attached hydrogens (tertiary/aromatic N) is 2. The van der Waals surface area contributed by atoms with Gasteiger partial charge in [-0.15, -0.1) is 0 Å². The van der Waals surface area contributed by atoms with Crippen LogP contribution in [0.15, 0.2) is 24.3 Å². The molecule has 1 unspecified atom stereocenters.